The minimum absolute atomic E-state index is 0.0531. The summed E-state index contributed by atoms with van der Waals surface area (Å²) in [6.45, 7) is 2.30. The van der Waals surface area contributed by atoms with E-state index in [4.69, 9.17) is 4.74 Å². The van der Waals surface area contributed by atoms with Crippen LogP contribution in [-0.4, -0.2) is 19.6 Å². The van der Waals surface area contributed by atoms with Crippen LogP contribution in [0.1, 0.15) is 23.4 Å². The lowest BCUT2D eigenvalue weighted by Crippen LogP contribution is -2.38. The zero-order valence-corrected chi connectivity index (χ0v) is 17.0. The quantitative estimate of drug-likeness (QED) is 0.567. The molecular weight excluding hydrogens is 394 g/mol. The van der Waals surface area contributed by atoms with E-state index >= 15 is 0 Å². The summed E-state index contributed by atoms with van der Waals surface area (Å²) in [4.78, 5) is 15.7. The smallest absolute Gasteiger partial charge is 0.241 e. The van der Waals surface area contributed by atoms with Gasteiger partial charge >= 0.3 is 0 Å². The van der Waals surface area contributed by atoms with Gasteiger partial charge in [-0.15, -0.1) is 11.3 Å². The molecule has 0 aliphatic rings. The van der Waals surface area contributed by atoms with Crippen LogP contribution in [0.15, 0.2) is 60.0 Å². The molecule has 1 aromatic heterocycles. The van der Waals surface area contributed by atoms with E-state index in [9.17, 15) is 13.6 Å². The minimum Gasteiger partial charge on any atom is -0.497 e. The maximum atomic E-state index is 13.5. The van der Waals surface area contributed by atoms with Gasteiger partial charge in [0.2, 0.25) is 5.91 Å². The number of carbonyl (C=O) groups is 1. The first-order valence-electron chi connectivity index (χ1n) is 9.13. The lowest BCUT2D eigenvalue weighted by molar-refractivity contribution is -0.118. The molecule has 0 unspecified atom stereocenters. The van der Waals surface area contributed by atoms with Gasteiger partial charge in [-0.3, -0.25) is 4.79 Å². The Bertz CT molecular complexity index is 946. The van der Waals surface area contributed by atoms with Crippen LogP contribution in [0.3, 0.4) is 0 Å². The van der Waals surface area contributed by atoms with E-state index in [1.54, 1.807) is 42.4 Å². The van der Waals surface area contributed by atoms with Crippen molar-refractivity contribution in [2.24, 2.45) is 0 Å². The van der Waals surface area contributed by atoms with Gasteiger partial charge in [-0.25, -0.2) is 8.78 Å². The zero-order chi connectivity index (χ0) is 20.8. The van der Waals surface area contributed by atoms with Crippen LogP contribution >= 0.6 is 11.3 Å². The number of carbonyl (C=O) groups excluding carboxylic acids is 1. The van der Waals surface area contributed by atoms with Crippen molar-refractivity contribution in [3.05, 3.63) is 82.1 Å². The van der Waals surface area contributed by atoms with Crippen LogP contribution < -0.4 is 15.0 Å². The summed E-state index contributed by atoms with van der Waals surface area (Å²) < 4.78 is 31.8. The number of thiophene rings is 1. The third-order valence-corrected chi connectivity index (χ3v) is 5.44. The highest BCUT2D eigenvalue weighted by Crippen LogP contribution is 2.23. The topological polar surface area (TPSA) is 41.6 Å². The van der Waals surface area contributed by atoms with Crippen molar-refractivity contribution < 1.29 is 18.3 Å². The first-order valence-corrected chi connectivity index (χ1v) is 10.0. The third kappa shape index (κ3) is 5.40. The molecule has 4 nitrogen and oxygen atoms in total. The molecule has 0 aliphatic carbocycles. The fourth-order valence-corrected chi connectivity index (χ4v) is 3.57. The number of amides is 1. The summed E-state index contributed by atoms with van der Waals surface area (Å²) >= 11 is 1.58. The Morgan fingerprint density at radius 1 is 1.14 bits per heavy atom. The van der Waals surface area contributed by atoms with Crippen LogP contribution in [0, 0.1) is 11.6 Å². The summed E-state index contributed by atoms with van der Waals surface area (Å²) in [5.74, 6) is -1.21. The van der Waals surface area contributed by atoms with Crippen LogP contribution in [0.5, 0.6) is 5.75 Å². The van der Waals surface area contributed by atoms with Crippen LogP contribution in [0.25, 0.3) is 0 Å². The van der Waals surface area contributed by atoms with E-state index in [0.717, 1.165) is 22.7 Å². The van der Waals surface area contributed by atoms with Crippen molar-refractivity contribution in [2.45, 2.75) is 19.5 Å². The number of ether oxygens (including phenoxy) is 1. The molecule has 0 fully saturated rings. The number of nitrogens with zero attached hydrogens (tertiary/aromatic N) is 1. The lowest BCUT2D eigenvalue weighted by Gasteiger charge is -2.24. The number of halogens is 2. The predicted molar refractivity (Wildman–Crippen MR) is 111 cm³/mol. The van der Waals surface area contributed by atoms with Crippen LogP contribution in [0.4, 0.5) is 14.5 Å². The number of nitrogens with one attached hydrogen (secondary N) is 1. The second-order valence-electron chi connectivity index (χ2n) is 6.53. The van der Waals surface area contributed by atoms with Crippen molar-refractivity contribution in [3.8, 4) is 5.75 Å². The molecular formula is C22H22F2N2O2S. The minimum atomic E-state index is -0.903. The Morgan fingerprint density at radius 3 is 2.52 bits per heavy atom. The Morgan fingerprint density at radius 2 is 1.90 bits per heavy atom. The number of hydrogen-bond acceptors (Lipinski definition) is 4. The number of benzene rings is 2. The van der Waals surface area contributed by atoms with Gasteiger partial charge in [0.15, 0.2) is 11.6 Å². The van der Waals surface area contributed by atoms with Gasteiger partial charge in [0.1, 0.15) is 5.75 Å². The monoisotopic (exact) mass is 416 g/mol. The fraction of sp³-hybridized carbons (Fsp3) is 0.227. The number of rotatable bonds is 8. The summed E-state index contributed by atoms with van der Waals surface area (Å²) in [5, 5.41) is 5.06. The Kier molecular flexibility index (Phi) is 6.95. The van der Waals surface area contributed by atoms with Gasteiger partial charge in [-0.1, -0.05) is 12.1 Å². The van der Waals surface area contributed by atoms with E-state index in [-0.39, 0.29) is 18.5 Å². The van der Waals surface area contributed by atoms with Gasteiger partial charge < -0.3 is 15.0 Å². The molecule has 0 spiro atoms. The maximum absolute atomic E-state index is 13.5. The molecule has 0 bridgehead atoms. The molecule has 1 heterocycles. The second kappa shape index (κ2) is 9.62. The molecule has 1 amide bonds. The van der Waals surface area contributed by atoms with E-state index in [0.29, 0.717) is 17.9 Å². The molecule has 0 radical (unpaired) electrons. The summed E-state index contributed by atoms with van der Waals surface area (Å²) in [5.41, 5.74) is 1.33. The van der Waals surface area contributed by atoms with Gasteiger partial charge in [0.05, 0.1) is 20.2 Å². The van der Waals surface area contributed by atoms with E-state index in [1.807, 2.05) is 29.6 Å². The second-order valence-corrected chi connectivity index (χ2v) is 7.57. The van der Waals surface area contributed by atoms with Gasteiger partial charge in [-0.05, 0) is 60.3 Å². The number of hydrogen-bond donors (Lipinski definition) is 1. The molecule has 3 aromatic rings. The van der Waals surface area contributed by atoms with Crippen molar-refractivity contribution in [3.63, 3.8) is 0 Å². The molecule has 0 saturated heterocycles. The molecule has 2 aromatic carbocycles. The van der Waals surface area contributed by atoms with Crippen LogP contribution in [-0.2, 0) is 11.3 Å². The van der Waals surface area contributed by atoms with E-state index in [2.05, 4.69) is 5.32 Å². The largest absolute Gasteiger partial charge is 0.497 e. The Hall–Kier alpha value is -2.77. The molecule has 3 rings (SSSR count). The first-order chi connectivity index (χ1) is 14.0. The third-order valence-electron chi connectivity index (χ3n) is 4.58. The fourth-order valence-electron chi connectivity index (χ4n) is 2.88. The Balaban J connectivity index is 1.72. The van der Waals surface area contributed by atoms with Crippen molar-refractivity contribution in [1.82, 2.24) is 5.32 Å². The molecule has 1 atom stereocenters. The molecule has 152 valence electrons. The lowest BCUT2D eigenvalue weighted by atomic mass is 10.1. The highest BCUT2D eigenvalue weighted by Gasteiger charge is 2.18. The normalized spacial score (nSPS) is 11.9. The Labute approximate surface area is 172 Å². The molecule has 0 aliphatic heterocycles. The average Bonchev–Trinajstić information content (AvgIpc) is 3.25. The van der Waals surface area contributed by atoms with E-state index < -0.39 is 11.6 Å². The summed E-state index contributed by atoms with van der Waals surface area (Å²) in [6, 6.07) is 14.6. The molecule has 0 saturated carbocycles. The average molecular weight is 416 g/mol. The van der Waals surface area contributed by atoms with Gasteiger partial charge in [0.25, 0.3) is 0 Å². The summed E-state index contributed by atoms with van der Waals surface area (Å²) in [6.07, 6.45) is 0. The predicted octanol–water partition coefficient (Wildman–Crippen LogP) is 4.92. The molecule has 7 heteroatoms. The molecule has 1 N–H and O–H groups in total. The molecule has 29 heavy (non-hydrogen) atoms. The highest BCUT2D eigenvalue weighted by molar-refractivity contribution is 7.09. The van der Waals surface area contributed by atoms with Crippen molar-refractivity contribution in [1.29, 1.82) is 0 Å². The standard InChI is InChI=1S/C22H22F2N2O2S/c1-15(16-5-10-20(23)21(24)12-16)25-13-22(27)26(14-19-4-3-11-29-19)17-6-8-18(28-2)9-7-17/h3-12,15,25H,13-14H2,1-2H3/t15-/m0/s1. The van der Waals surface area contributed by atoms with Crippen molar-refractivity contribution >= 4 is 22.9 Å². The first kappa shape index (κ1) is 21.0. The maximum Gasteiger partial charge on any atom is 0.241 e. The SMILES string of the molecule is COc1ccc(N(Cc2cccs2)C(=O)CN[C@@H](C)c2ccc(F)c(F)c2)cc1. The van der Waals surface area contributed by atoms with Crippen LogP contribution in [0.2, 0.25) is 0 Å². The highest BCUT2D eigenvalue weighted by atomic mass is 32.1. The zero-order valence-electron chi connectivity index (χ0n) is 16.2. The summed E-state index contributed by atoms with van der Waals surface area (Å²) in [7, 11) is 1.59. The van der Waals surface area contributed by atoms with Gasteiger partial charge in [-0.2, -0.15) is 0 Å². The van der Waals surface area contributed by atoms with Gasteiger partial charge in [0, 0.05) is 16.6 Å². The van der Waals surface area contributed by atoms with E-state index in [1.165, 1.54) is 6.07 Å². The van der Waals surface area contributed by atoms with Crippen molar-refractivity contribution in [2.75, 3.05) is 18.6 Å². The number of methoxy groups -OCH3 is 1. The number of anilines is 1.